The molecule has 1 amide bonds. The second-order valence-electron chi connectivity index (χ2n) is 2.67. The molecule has 1 rings (SSSR count). The zero-order valence-corrected chi connectivity index (χ0v) is 7.69. The molecule has 0 aliphatic carbocycles. The Balaban J connectivity index is 3.11. The number of halogens is 1. The molecule has 1 aliphatic heterocycles. The van der Waals surface area contributed by atoms with Gasteiger partial charge < -0.3 is 4.90 Å². The van der Waals surface area contributed by atoms with E-state index in [0.717, 1.165) is 5.57 Å². The summed E-state index contributed by atoms with van der Waals surface area (Å²) in [4.78, 5) is 13.0. The molecule has 2 nitrogen and oxygen atoms in total. The van der Waals surface area contributed by atoms with Crippen molar-refractivity contribution in [2.24, 2.45) is 0 Å². The number of hydrogen-bond acceptors (Lipinski definition) is 1. The third-order valence-corrected chi connectivity index (χ3v) is 2.00. The summed E-state index contributed by atoms with van der Waals surface area (Å²) in [5.41, 5.74) is 1.34. The highest BCUT2D eigenvalue weighted by Gasteiger charge is 2.26. The van der Waals surface area contributed by atoms with Gasteiger partial charge in [0.05, 0.1) is 5.57 Å². The van der Waals surface area contributed by atoms with E-state index in [1.54, 1.807) is 18.0 Å². The zero-order chi connectivity index (χ0) is 9.30. The third kappa shape index (κ3) is 1.30. The molecule has 1 aliphatic rings. The van der Waals surface area contributed by atoms with Crippen LogP contribution in [-0.2, 0) is 4.79 Å². The average Bonchev–Trinajstić information content (AvgIpc) is 2.28. The zero-order valence-electron chi connectivity index (χ0n) is 6.93. The first-order valence-electron chi connectivity index (χ1n) is 3.53. The SMILES string of the molecule is C=CC1=C(C(=C)Cl)C(=O)N(C)C1. The van der Waals surface area contributed by atoms with Gasteiger partial charge in [-0.2, -0.15) is 0 Å². The molecule has 1 heterocycles. The topological polar surface area (TPSA) is 20.3 Å². The highest BCUT2D eigenvalue weighted by atomic mass is 35.5. The highest BCUT2D eigenvalue weighted by molar-refractivity contribution is 6.35. The summed E-state index contributed by atoms with van der Waals surface area (Å²) in [6.07, 6.45) is 1.64. The lowest BCUT2D eigenvalue weighted by Crippen LogP contribution is -2.21. The minimum absolute atomic E-state index is 0.0788. The Morgan fingerprint density at radius 2 is 2.33 bits per heavy atom. The predicted octanol–water partition coefficient (Wildman–Crippen LogP) is 1.69. The molecule has 0 aromatic carbocycles. The summed E-state index contributed by atoms with van der Waals surface area (Å²) < 4.78 is 0. The van der Waals surface area contributed by atoms with Gasteiger partial charge in [0.15, 0.2) is 0 Å². The number of carbonyl (C=O) groups is 1. The van der Waals surface area contributed by atoms with Gasteiger partial charge in [0.1, 0.15) is 0 Å². The number of amides is 1. The van der Waals surface area contributed by atoms with Crippen LogP contribution in [0.2, 0.25) is 0 Å². The van der Waals surface area contributed by atoms with Crippen LogP contribution in [-0.4, -0.2) is 24.4 Å². The van der Waals surface area contributed by atoms with Crippen LogP contribution in [0.25, 0.3) is 0 Å². The van der Waals surface area contributed by atoms with Crippen LogP contribution in [0.15, 0.2) is 35.4 Å². The van der Waals surface area contributed by atoms with Crippen LogP contribution in [0.4, 0.5) is 0 Å². The van der Waals surface area contributed by atoms with E-state index >= 15 is 0 Å². The molecular formula is C9H10ClNO. The van der Waals surface area contributed by atoms with Gasteiger partial charge in [-0.25, -0.2) is 0 Å². The maximum Gasteiger partial charge on any atom is 0.255 e. The van der Waals surface area contributed by atoms with E-state index < -0.39 is 0 Å². The van der Waals surface area contributed by atoms with E-state index in [4.69, 9.17) is 11.6 Å². The normalized spacial score (nSPS) is 17.2. The van der Waals surface area contributed by atoms with Crippen LogP contribution in [0.1, 0.15) is 0 Å². The first kappa shape index (κ1) is 9.07. The van der Waals surface area contributed by atoms with Crippen molar-refractivity contribution < 1.29 is 4.79 Å². The summed E-state index contributed by atoms with van der Waals surface area (Å²) in [6, 6.07) is 0. The summed E-state index contributed by atoms with van der Waals surface area (Å²) in [5, 5.41) is 0.291. The van der Waals surface area contributed by atoms with Crippen molar-refractivity contribution in [2.75, 3.05) is 13.6 Å². The molecule has 0 unspecified atom stereocenters. The molecule has 12 heavy (non-hydrogen) atoms. The monoisotopic (exact) mass is 183 g/mol. The van der Waals surface area contributed by atoms with E-state index in [1.165, 1.54) is 0 Å². The molecule has 0 aromatic heterocycles. The smallest absolute Gasteiger partial charge is 0.255 e. The number of rotatable bonds is 2. The van der Waals surface area contributed by atoms with Crippen molar-refractivity contribution in [1.82, 2.24) is 4.90 Å². The van der Waals surface area contributed by atoms with Gasteiger partial charge in [-0.15, -0.1) is 0 Å². The first-order valence-corrected chi connectivity index (χ1v) is 3.91. The van der Waals surface area contributed by atoms with Crippen molar-refractivity contribution in [3.05, 3.63) is 35.4 Å². The summed E-state index contributed by atoms with van der Waals surface area (Å²) in [6.45, 7) is 7.71. The third-order valence-electron chi connectivity index (χ3n) is 1.81. The van der Waals surface area contributed by atoms with E-state index in [9.17, 15) is 4.79 Å². The molecule has 64 valence electrons. The molecule has 0 bridgehead atoms. The van der Waals surface area contributed by atoms with Crippen LogP contribution >= 0.6 is 11.6 Å². The van der Waals surface area contributed by atoms with E-state index in [-0.39, 0.29) is 5.91 Å². The standard InChI is InChI=1S/C9H10ClNO/c1-4-7-5-11(3)9(12)8(7)6(2)10/h4H,1-2,5H2,3H3. The van der Waals surface area contributed by atoms with Crippen molar-refractivity contribution in [2.45, 2.75) is 0 Å². The lowest BCUT2D eigenvalue weighted by molar-refractivity contribution is -0.124. The molecular weight excluding hydrogens is 174 g/mol. The van der Waals surface area contributed by atoms with Crippen molar-refractivity contribution in [3.8, 4) is 0 Å². The van der Waals surface area contributed by atoms with Crippen LogP contribution in [0, 0.1) is 0 Å². The van der Waals surface area contributed by atoms with Gasteiger partial charge in [-0.05, 0) is 5.57 Å². The molecule has 0 saturated heterocycles. The molecule has 0 spiro atoms. The fourth-order valence-corrected chi connectivity index (χ4v) is 1.39. The van der Waals surface area contributed by atoms with Gasteiger partial charge in [-0.3, -0.25) is 4.79 Å². The number of likely N-dealkylation sites (N-methyl/N-ethyl adjacent to an activating group) is 1. The summed E-state index contributed by atoms with van der Waals surface area (Å²) in [7, 11) is 1.72. The Labute approximate surface area is 76.8 Å². The quantitative estimate of drug-likeness (QED) is 0.638. The number of nitrogens with zero attached hydrogens (tertiary/aromatic N) is 1. The van der Waals surface area contributed by atoms with Crippen LogP contribution in [0.5, 0.6) is 0 Å². The Hall–Kier alpha value is -1.02. The molecule has 0 atom stereocenters. The van der Waals surface area contributed by atoms with E-state index in [2.05, 4.69) is 13.2 Å². The Bertz CT molecular complexity index is 291. The second-order valence-corrected chi connectivity index (χ2v) is 3.13. The average molecular weight is 184 g/mol. The lowest BCUT2D eigenvalue weighted by atomic mass is 10.1. The molecule has 0 fully saturated rings. The number of hydrogen-bond donors (Lipinski definition) is 0. The Kier molecular flexibility index (Phi) is 2.38. The molecule has 0 radical (unpaired) electrons. The van der Waals surface area contributed by atoms with Gasteiger partial charge in [0.25, 0.3) is 5.91 Å². The first-order chi connectivity index (χ1) is 5.57. The predicted molar refractivity (Wildman–Crippen MR) is 49.9 cm³/mol. The van der Waals surface area contributed by atoms with Crippen LogP contribution < -0.4 is 0 Å². The maximum atomic E-state index is 11.4. The second kappa shape index (κ2) is 3.15. The van der Waals surface area contributed by atoms with Crippen LogP contribution in [0.3, 0.4) is 0 Å². The molecule has 3 heteroatoms. The van der Waals surface area contributed by atoms with E-state index in [0.29, 0.717) is 17.2 Å². The minimum Gasteiger partial charge on any atom is -0.337 e. The lowest BCUT2D eigenvalue weighted by Gasteiger charge is -2.06. The van der Waals surface area contributed by atoms with Gasteiger partial charge in [0.2, 0.25) is 0 Å². The largest absolute Gasteiger partial charge is 0.337 e. The van der Waals surface area contributed by atoms with Crippen molar-refractivity contribution in [1.29, 1.82) is 0 Å². The summed E-state index contributed by atoms with van der Waals surface area (Å²) in [5.74, 6) is -0.0788. The Morgan fingerprint density at radius 3 is 2.67 bits per heavy atom. The molecule has 0 aromatic rings. The number of carbonyl (C=O) groups excluding carboxylic acids is 1. The highest BCUT2D eigenvalue weighted by Crippen LogP contribution is 2.25. The fraction of sp³-hybridized carbons (Fsp3) is 0.222. The minimum atomic E-state index is -0.0788. The molecule has 0 saturated carbocycles. The van der Waals surface area contributed by atoms with Gasteiger partial charge >= 0.3 is 0 Å². The van der Waals surface area contributed by atoms with Gasteiger partial charge in [-0.1, -0.05) is 30.8 Å². The van der Waals surface area contributed by atoms with E-state index in [1.807, 2.05) is 0 Å². The Morgan fingerprint density at radius 1 is 1.75 bits per heavy atom. The van der Waals surface area contributed by atoms with Crippen molar-refractivity contribution >= 4 is 17.5 Å². The maximum absolute atomic E-state index is 11.4. The molecule has 0 N–H and O–H groups in total. The fourth-order valence-electron chi connectivity index (χ4n) is 1.19. The van der Waals surface area contributed by atoms with Crippen molar-refractivity contribution in [3.63, 3.8) is 0 Å². The van der Waals surface area contributed by atoms with Gasteiger partial charge in [0, 0.05) is 18.6 Å². The summed E-state index contributed by atoms with van der Waals surface area (Å²) >= 11 is 5.67.